The Morgan fingerprint density at radius 2 is 1.35 bits per heavy atom. The zero-order valence-corrected chi connectivity index (χ0v) is 18.8. The van der Waals surface area contributed by atoms with Gasteiger partial charge in [-0.25, -0.2) is 0 Å². The molecule has 3 aromatic rings. The van der Waals surface area contributed by atoms with E-state index in [1.54, 1.807) is 11.8 Å². The molecule has 0 N–H and O–H groups in total. The van der Waals surface area contributed by atoms with Crippen LogP contribution in [-0.4, -0.2) is 48.8 Å². The highest BCUT2D eigenvalue weighted by atomic mass is 32.2. The molecular formula is C27H29NO2S. The molecule has 3 nitrogen and oxygen atoms in total. The molecule has 0 amide bonds. The smallest absolute Gasteiger partial charge is 0.183 e. The number of ketones is 1. The van der Waals surface area contributed by atoms with Gasteiger partial charge in [-0.15, -0.1) is 11.8 Å². The van der Waals surface area contributed by atoms with Gasteiger partial charge in [-0.3, -0.25) is 9.69 Å². The summed E-state index contributed by atoms with van der Waals surface area (Å²) in [6, 6.07) is 28.9. The second-order valence-corrected chi connectivity index (χ2v) is 8.89. The first-order valence-electron chi connectivity index (χ1n) is 10.8. The van der Waals surface area contributed by atoms with Crippen molar-refractivity contribution in [1.82, 2.24) is 4.90 Å². The van der Waals surface area contributed by atoms with Gasteiger partial charge in [0.2, 0.25) is 0 Å². The predicted molar refractivity (Wildman–Crippen MR) is 128 cm³/mol. The minimum Gasteiger partial charge on any atom is -0.379 e. The van der Waals surface area contributed by atoms with Crippen molar-refractivity contribution < 1.29 is 9.53 Å². The number of nitrogens with zero attached hydrogens (tertiary/aromatic N) is 1. The number of hydrogen-bond donors (Lipinski definition) is 0. The van der Waals surface area contributed by atoms with Crippen LogP contribution < -0.4 is 0 Å². The van der Waals surface area contributed by atoms with Gasteiger partial charge in [0.15, 0.2) is 5.78 Å². The molecule has 4 rings (SSSR count). The lowest BCUT2D eigenvalue weighted by atomic mass is 9.77. The second-order valence-electron chi connectivity index (χ2n) is 8.01. The molecule has 4 heteroatoms. The van der Waals surface area contributed by atoms with E-state index in [0.29, 0.717) is 26.1 Å². The molecule has 0 aliphatic carbocycles. The lowest BCUT2D eigenvalue weighted by Crippen LogP contribution is -2.60. The molecule has 0 saturated carbocycles. The van der Waals surface area contributed by atoms with E-state index in [-0.39, 0.29) is 5.78 Å². The van der Waals surface area contributed by atoms with Crippen LogP contribution in [0, 0.1) is 0 Å². The third-order valence-electron chi connectivity index (χ3n) is 6.07. The van der Waals surface area contributed by atoms with Crippen LogP contribution in [0.1, 0.15) is 21.5 Å². The third kappa shape index (κ3) is 5.09. The highest BCUT2D eigenvalue weighted by Crippen LogP contribution is 2.32. The Labute approximate surface area is 189 Å². The number of carbonyl (C=O) groups is 1. The Hall–Kier alpha value is -2.40. The van der Waals surface area contributed by atoms with Crippen molar-refractivity contribution in [3.63, 3.8) is 0 Å². The summed E-state index contributed by atoms with van der Waals surface area (Å²) >= 11 is 1.69. The van der Waals surface area contributed by atoms with Gasteiger partial charge in [0.1, 0.15) is 0 Å². The largest absolute Gasteiger partial charge is 0.379 e. The average molecular weight is 432 g/mol. The van der Waals surface area contributed by atoms with Crippen molar-refractivity contribution in [1.29, 1.82) is 0 Å². The molecule has 0 aromatic heterocycles. The van der Waals surface area contributed by atoms with Gasteiger partial charge in [-0.1, -0.05) is 72.8 Å². The van der Waals surface area contributed by atoms with E-state index in [4.69, 9.17) is 4.74 Å². The zero-order chi connectivity index (χ0) is 21.5. The maximum atomic E-state index is 14.3. The van der Waals surface area contributed by atoms with Crippen molar-refractivity contribution in [3.05, 3.63) is 102 Å². The monoisotopic (exact) mass is 431 g/mol. The summed E-state index contributed by atoms with van der Waals surface area (Å²) < 4.78 is 5.66. The average Bonchev–Trinajstić information content (AvgIpc) is 2.85. The molecule has 0 spiro atoms. The minimum atomic E-state index is -0.659. The second kappa shape index (κ2) is 10.3. The van der Waals surface area contributed by atoms with Crippen LogP contribution >= 0.6 is 11.8 Å². The van der Waals surface area contributed by atoms with Gasteiger partial charge in [-0.05, 0) is 42.4 Å². The predicted octanol–water partition coefficient (Wildman–Crippen LogP) is 5.15. The molecule has 0 bridgehead atoms. The summed E-state index contributed by atoms with van der Waals surface area (Å²) in [5.74, 6) is 0.190. The zero-order valence-electron chi connectivity index (χ0n) is 18.0. The molecule has 0 radical (unpaired) electrons. The lowest BCUT2D eigenvalue weighted by Gasteiger charge is -2.45. The fourth-order valence-electron chi connectivity index (χ4n) is 4.46. The van der Waals surface area contributed by atoms with Crippen LogP contribution in [0.25, 0.3) is 0 Å². The van der Waals surface area contributed by atoms with Crippen molar-refractivity contribution >= 4 is 17.5 Å². The van der Waals surface area contributed by atoms with Gasteiger partial charge in [0.25, 0.3) is 0 Å². The number of ether oxygens (including phenoxy) is 1. The first-order chi connectivity index (χ1) is 15.2. The first-order valence-corrected chi connectivity index (χ1v) is 12.0. The maximum absolute atomic E-state index is 14.3. The van der Waals surface area contributed by atoms with E-state index < -0.39 is 5.54 Å². The maximum Gasteiger partial charge on any atom is 0.183 e. The van der Waals surface area contributed by atoms with Crippen molar-refractivity contribution in [2.75, 3.05) is 32.6 Å². The molecule has 31 heavy (non-hydrogen) atoms. The summed E-state index contributed by atoms with van der Waals surface area (Å²) in [6.45, 7) is 2.83. The number of carbonyl (C=O) groups excluding carboxylic acids is 1. The quantitative estimate of drug-likeness (QED) is 0.365. The molecule has 160 valence electrons. The van der Waals surface area contributed by atoms with Crippen LogP contribution in [0.5, 0.6) is 0 Å². The Morgan fingerprint density at radius 1 is 0.839 bits per heavy atom. The van der Waals surface area contributed by atoms with Crippen LogP contribution in [0.4, 0.5) is 0 Å². The Morgan fingerprint density at radius 3 is 1.84 bits per heavy atom. The highest BCUT2D eigenvalue weighted by Gasteiger charge is 2.44. The van der Waals surface area contributed by atoms with E-state index in [1.165, 1.54) is 16.0 Å². The van der Waals surface area contributed by atoms with Gasteiger partial charge < -0.3 is 4.74 Å². The minimum absolute atomic E-state index is 0.190. The number of Topliss-reactive ketones (excluding diaryl/α,β-unsaturated/α-hetero) is 1. The fraction of sp³-hybridized carbons (Fsp3) is 0.296. The van der Waals surface area contributed by atoms with E-state index in [2.05, 4.69) is 59.7 Å². The summed E-state index contributed by atoms with van der Waals surface area (Å²) in [5.41, 5.74) is 2.47. The topological polar surface area (TPSA) is 29.5 Å². The van der Waals surface area contributed by atoms with Gasteiger partial charge in [0, 0.05) is 23.5 Å². The van der Waals surface area contributed by atoms with Gasteiger partial charge >= 0.3 is 0 Å². The van der Waals surface area contributed by atoms with Crippen molar-refractivity contribution in [2.45, 2.75) is 23.3 Å². The van der Waals surface area contributed by atoms with Crippen LogP contribution in [0.3, 0.4) is 0 Å². The first kappa shape index (κ1) is 21.8. The third-order valence-corrected chi connectivity index (χ3v) is 6.81. The number of morpholine rings is 1. The van der Waals surface area contributed by atoms with E-state index in [9.17, 15) is 4.79 Å². The van der Waals surface area contributed by atoms with Gasteiger partial charge in [0.05, 0.1) is 18.8 Å². The van der Waals surface area contributed by atoms with Gasteiger partial charge in [-0.2, -0.15) is 0 Å². The molecule has 1 saturated heterocycles. The summed E-state index contributed by atoms with van der Waals surface area (Å²) in [7, 11) is 0. The van der Waals surface area contributed by atoms with Crippen LogP contribution in [-0.2, 0) is 17.6 Å². The highest BCUT2D eigenvalue weighted by molar-refractivity contribution is 7.98. The molecule has 1 aliphatic heterocycles. The Balaban J connectivity index is 1.80. The summed E-state index contributed by atoms with van der Waals surface area (Å²) in [5, 5.41) is 0. The van der Waals surface area contributed by atoms with Crippen LogP contribution in [0.2, 0.25) is 0 Å². The number of hydrogen-bond acceptors (Lipinski definition) is 4. The SMILES string of the molecule is CSc1ccc(C(=O)C(Cc2ccccc2)(Cc2ccccc2)N2CCOCC2)cc1. The van der Waals surface area contributed by atoms with E-state index in [1.807, 2.05) is 36.4 Å². The number of thioether (sulfide) groups is 1. The van der Waals surface area contributed by atoms with Crippen LogP contribution in [0.15, 0.2) is 89.8 Å². The van der Waals surface area contributed by atoms with Crippen molar-refractivity contribution in [3.8, 4) is 0 Å². The Kier molecular flexibility index (Phi) is 7.23. The van der Waals surface area contributed by atoms with E-state index >= 15 is 0 Å². The number of rotatable bonds is 8. The standard InChI is InChI=1S/C27H29NO2S/c1-31-25-14-12-24(13-15-25)26(29)27(28-16-18-30-19-17-28,20-22-8-4-2-5-9-22)21-23-10-6-3-7-11-23/h2-15H,16-21H2,1H3. The normalized spacial score (nSPS) is 15.0. The molecule has 1 fully saturated rings. The summed E-state index contributed by atoms with van der Waals surface area (Å²) in [4.78, 5) is 17.8. The molecule has 3 aromatic carbocycles. The molecule has 1 heterocycles. The molecule has 0 atom stereocenters. The molecule has 1 aliphatic rings. The Bertz CT molecular complexity index is 926. The van der Waals surface area contributed by atoms with E-state index in [0.717, 1.165) is 18.7 Å². The summed E-state index contributed by atoms with van der Waals surface area (Å²) in [6.07, 6.45) is 3.40. The lowest BCUT2D eigenvalue weighted by molar-refractivity contribution is -0.0151. The molecule has 0 unspecified atom stereocenters. The van der Waals surface area contributed by atoms with Crippen molar-refractivity contribution in [2.24, 2.45) is 0 Å². The number of benzene rings is 3. The fourth-order valence-corrected chi connectivity index (χ4v) is 4.87. The molecular weight excluding hydrogens is 402 g/mol.